The monoisotopic (exact) mass is 184 g/mol. The van der Waals surface area contributed by atoms with Crippen LogP contribution < -0.4 is 5.56 Å². The van der Waals surface area contributed by atoms with E-state index in [4.69, 9.17) is 11.6 Å². The van der Waals surface area contributed by atoms with Gasteiger partial charge in [-0.05, 0) is 18.9 Å². The predicted octanol–water partition coefficient (Wildman–Crippen LogP) is 0.869. The minimum absolute atomic E-state index is 0.0376. The third kappa shape index (κ3) is 1.60. The van der Waals surface area contributed by atoms with Gasteiger partial charge in [0.2, 0.25) is 0 Å². The summed E-state index contributed by atoms with van der Waals surface area (Å²) in [6.07, 6.45) is 0. The molecule has 0 spiro atoms. The Labute approximate surface area is 72.9 Å². The van der Waals surface area contributed by atoms with Crippen molar-refractivity contribution >= 4 is 24.2 Å². The van der Waals surface area contributed by atoms with Crippen LogP contribution in [-0.4, -0.2) is 17.6 Å². The van der Waals surface area contributed by atoms with Crippen molar-refractivity contribution in [3.05, 3.63) is 33.2 Å². The Hall–Kier alpha value is -1.42. The van der Waals surface area contributed by atoms with Crippen LogP contribution in [0.4, 0.5) is 0 Å². The van der Waals surface area contributed by atoms with E-state index in [0.717, 1.165) is 0 Å². The zero-order chi connectivity index (χ0) is 9.14. The summed E-state index contributed by atoms with van der Waals surface area (Å²) in [7, 11) is 0. The SMILES string of the molecule is C=NC(=O)c1ccc(Cl)c(=O)[nH]1. The average Bonchev–Trinajstić information content (AvgIpc) is 2.08. The minimum atomic E-state index is -0.580. The third-order valence-electron chi connectivity index (χ3n) is 1.24. The van der Waals surface area contributed by atoms with Crippen LogP contribution >= 0.6 is 11.6 Å². The summed E-state index contributed by atoms with van der Waals surface area (Å²) < 4.78 is 0. The molecule has 0 saturated carbocycles. The standard InChI is InChI=1S/C7H5ClN2O2/c1-9-7(12)5-3-2-4(8)6(11)10-5/h2-3H,1H2,(H,10,11). The first kappa shape index (κ1) is 8.67. The first-order chi connectivity index (χ1) is 5.65. The quantitative estimate of drug-likeness (QED) is 0.659. The molecule has 0 aliphatic carbocycles. The van der Waals surface area contributed by atoms with Crippen molar-refractivity contribution in [3.8, 4) is 0 Å². The summed E-state index contributed by atoms with van der Waals surface area (Å²) in [5, 5.41) is 0.0376. The summed E-state index contributed by atoms with van der Waals surface area (Å²) in [6.45, 7) is 3.03. The van der Waals surface area contributed by atoms with Crippen LogP contribution in [0.2, 0.25) is 5.02 Å². The molecule has 1 aromatic rings. The first-order valence-electron chi connectivity index (χ1n) is 3.05. The maximum absolute atomic E-state index is 10.9. The number of aromatic nitrogens is 1. The molecule has 1 heterocycles. The van der Waals surface area contributed by atoms with E-state index in [1.165, 1.54) is 12.1 Å². The molecule has 0 saturated heterocycles. The van der Waals surface area contributed by atoms with Gasteiger partial charge in [0.15, 0.2) is 0 Å². The van der Waals surface area contributed by atoms with E-state index in [2.05, 4.69) is 16.7 Å². The van der Waals surface area contributed by atoms with Gasteiger partial charge in [0, 0.05) is 0 Å². The average molecular weight is 185 g/mol. The molecule has 0 aliphatic rings. The minimum Gasteiger partial charge on any atom is -0.317 e. The highest BCUT2D eigenvalue weighted by molar-refractivity contribution is 6.30. The molecule has 5 heteroatoms. The fraction of sp³-hybridized carbons (Fsp3) is 0. The molecule has 1 rings (SSSR count). The van der Waals surface area contributed by atoms with Crippen LogP contribution in [0.3, 0.4) is 0 Å². The Balaban J connectivity index is 3.22. The number of halogens is 1. The van der Waals surface area contributed by atoms with Crippen LogP contribution in [-0.2, 0) is 0 Å². The summed E-state index contributed by atoms with van der Waals surface area (Å²) in [6, 6.07) is 2.71. The van der Waals surface area contributed by atoms with Gasteiger partial charge in [0.25, 0.3) is 11.5 Å². The number of H-pyrrole nitrogens is 1. The number of carbonyl (C=O) groups is 1. The van der Waals surface area contributed by atoms with E-state index < -0.39 is 11.5 Å². The Bertz CT molecular complexity index is 383. The molecule has 1 aromatic heterocycles. The molecule has 0 aliphatic heterocycles. The number of hydrogen-bond acceptors (Lipinski definition) is 2. The Morgan fingerprint density at radius 1 is 1.58 bits per heavy atom. The number of aromatic amines is 1. The molecule has 12 heavy (non-hydrogen) atoms. The number of nitrogens with one attached hydrogen (secondary N) is 1. The Morgan fingerprint density at radius 3 is 2.75 bits per heavy atom. The fourth-order valence-corrected chi connectivity index (χ4v) is 0.776. The summed E-state index contributed by atoms with van der Waals surface area (Å²) in [4.78, 5) is 27.1. The van der Waals surface area contributed by atoms with Crippen LogP contribution in [0.1, 0.15) is 10.5 Å². The summed E-state index contributed by atoms with van der Waals surface area (Å²) >= 11 is 5.43. The van der Waals surface area contributed by atoms with Crippen LogP contribution in [0.15, 0.2) is 21.9 Å². The Morgan fingerprint density at radius 2 is 2.25 bits per heavy atom. The molecule has 4 nitrogen and oxygen atoms in total. The van der Waals surface area contributed by atoms with E-state index >= 15 is 0 Å². The first-order valence-corrected chi connectivity index (χ1v) is 3.43. The van der Waals surface area contributed by atoms with Gasteiger partial charge >= 0.3 is 0 Å². The van der Waals surface area contributed by atoms with Crippen molar-refractivity contribution < 1.29 is 4.79 Å². The van der Waals surface area contributed by atoms with Crippen molar-refractivity contribution in [2.45, 2.75) is 0 Å². The smallest absolute Gasteiger partial charge is 0.292 e. The normalized spacial score (nSPS) is 9.42. The zero-order valence-electron chi connectivity index (χ0n) is 6.00. The molecule has 0 bridgehead atoms. The van der Waals surface area contributed by atoms with E-state index in [-0.39, 0.29) is 10.7 Å². The summed E-state index contributed by atoms with van der Waals surface area (Å²) in [5.41, 5.74) is -0.425. The van der Waals surface area contributed by atoms with E-state index in [1.54, 1.807) is 0 Å². The van der Waals surface area contributed by atoms with Gasteiger partial charge in [-0.25, -0.2) is 4.99 Å². The largest absolute Gasteiger partial charge is 0.317 e. The lowest BCUT2D eigenvalue weighted by Crippen LogP contribution is -2.11. The van der Waals surface area contributed by atoms with Gasteiger partial charge in [-0.1, -0.05) is 11.6 Å². The van der Waals surface area contributed by atoms with Gasteiger partial charge in [-0.2, -0.15) is 0 Å². The molecule has 1 amide bonds. The Kier molecular flexibility index (Phi) is 2.40. The molecular weight excluding hydrogens is 180 g/mol. The molecule has 0 atom stereocenters. The van der Waals surface area contributed by atoms with Crippen LogP contribution in [0.5, 0.6) is 0 Å². The van der Waals surface area contributed by atoms with E-state index in [1.807, 2.05) is 0 Å². The molecule has 0 aromatic carbocycles. The van der Waals surface area contributed by atoms with Gasteiger partial charge < -0.3 is 4.98 Å². The highest BCUT2D eigenvalue weighted by Crippen LogP contribution is 2.01. The number of amides is 1. The molecule has 0 radical (unpaired) electrons. The zero-order valence-corrected chi connectivity index (χ0v) is 6.76. The lowest BCUT2D eigenvalue weighted by atomic mass is 10.3. The van der Waals surface area contributed by atoms with Crippen LogP contribution in [0.25, 0.3) is 0 Å². The highest BCUT2D eigenvalue weighted by atomic mass is 35.5. The molecule has 0 fully saturated rings. The van der Waals surface area contributed by atoms with Crippen molar-refractivity contribution in [1.82, 2.24) is 4.98 Å². The van der Waals surface area contributed by atoms with Crippen molar-refractivity contribution in [3.63, 3.8) is 0 Å². The molecule has 1 N–H and O–H groups in total. The van der Waals surface area contributed by atoms with Gasteiger partial charge in [-0.15, -0.1) is 0 Å². The van der Waals surface area contributed by atoms with Gasteiger partial charge in [0.1, 0.15) is 10.7 Å². The number of carbonyl (C=O) groups excluding carboxylic acids is 1. The number of nitrogens with zero attached hydrogens (tertiary/aromatic N) is 1. The van der Waals surface area contributed by atoms with Crippen LogP contribution in [0, 0.1) is 0 Å². The third-order valence-corrected chi connectivity index (χ3v) is 1.53. The number of hydrogen-bond donors (Lipinski definition) is 1. The number of aliphatic imine (C=N–C) groups is 1. The number of rotatable bonds is 1. The number of pyridine rings is 1. The van der Waals surface area contributed by atoms with Gasteiger partial charge in [0.05, 0.1) is 0 Å². The maximum atomic E-state index is 10.9. The summed E-state index contributed by atoms with van der Waals surface area (Å²) in [5.74, 6) is -0.580. The second-order valence-corrected chi connectivity index (χ2v) is 2.42. The fourth-order valence-electron chi connectivity index (χ4n) is 0.666. The molecule has 62 valence electrons. The van der Waals surface area contributed by atoms with Crippen molar-refractivity contribution in [2.24, 2.45) is 4.99 Å². The molecular formula is C7H5ClN2O2. The second-order valence-electron chi connectivity index (χ2n) is 2.01. The maximum Gasteiger partial charge on any atom is 0.292 e. The van der Waals surface area contributed by atoms with E-state index in [9.17, 15) is 9.59 Å². The predicted molar refractivity (Wildman–Crippen MR) is 46.0 cm³/mol. The van der Waals surface area contributed by atoms with Crippen molar-refractivity contribution in [2.75, 3.05) is 0 Å². The lowest BCUT2D eigenvalue weighted by molar-refractivity contribution is 0.0999. The second kappa shape index (κ2) is 3.32. The van der Waals surface area contributed by atoms with Crippen molar-refractivity contribution in [1.29, 1.82) is 0 Å². The van der Waals surface area contributed by atoms with E-state index in [0.29, 0.717) is 0 Å². The van der Waals surface area contributed by atoms with Gasteiger partial charge in [-0.3, -0.25) is 9.59 Å². The lowest BCUT2D eigenvalue weighted by Gasteiger charge is -1.93. The topological polar surface area (TPSA) is 62.3 Å². The highest BCUT2D eigenvalue weighted by Gasteiger charge is 2.04. The molecule has 0 unspecified atom stereocenters.